The summed E-state index contributed by atoms with van der Waals surface area (Å²) < 4.78 is 15.0. The van der Waals surface area contributed by atoms with E-state index >= 15 is 0 Å². The van der Waals surface area contributed by atoms with Crippen molar-refractivity contribution < 1.29 is 9.26 Å². The number of para-hydroxylation sites is 1. The molecular formula is C20H20N6O2. The van der Waals surface area contributed by atoms with Crippen molar-refractivity contribution in [3.05, 3.63) is 66.7 Å². The molecule has 1 aliphatic heterocycles. The smallest absolute Gasteiger partial charge is 0.255 e. The highest BCUT2D eigenvalue weighted by Gasteiger charge is 2.23. The molecule has 28 heavy (non-hydrogen) atoms. The van der Waals surface area contributed by atoms with E-state index in [1.165, 1.54) is 0 Å². The molecule has 1 unspecified atom stereocenters. The van der Waals surface area contributed by atoms with Crippen LogP contribution in [0.15, 0.2) is 59.5 Å². The maximum absolute atomic E-state index is 5.60. The Morgan fingerprint density at radius 3 is 2.89 bits per heavy atom. The van der Waals surface area contributed by atoms with Crippen molar-refractivity contribution in [3.63, 3.8) is 0 Å². The number of nitrogens with zero attached hydrogens (tertiary/aromatic N) is 6. The van der Waals surface area contributed by atoms with Gasteiger partial charge in [-0.05, 0) is 31.0 Å². The lowest BCUT2D eigenvalue weighted by molar-refractivity contribution is 0.0835. The maximum Gasteiger partial charge on any atom is 0.255 e. The predicted octanol–water partition coefficient (Wildman–Crippen LogP) is 3.21. The fourth-order valence-corrected chi connectivity index (χ4v) is 3.46. The van der Waals surface area contributed by atoms with Gasteiger partial charge in [-0.3, -0.25) is 0 Å². The molecule has 0 N–H and O–H groups in total. The van der Waals surface area contributed by atoms with E-state index in [0.717, 1.165) is 36.7 Å². The van der Waals surface area contributed by atoms with Crippen LogP contribution in [0.4, 0.5) is 0 Å². The minimum Gasteiger partial charge on any atom is -0.368 e. The number of imidazole rings is 1. The monoisotopic (exact) mass is 376 g/mol. The lowest BCUT2D eigenvalue weighted by Gasteiger charge is -2.09. The molecule has 8 nitrogen and oxygen atoms in total. The molecule has 0 saturated carbocycles. The highest BCUT2D eigenvalue weighted by molar-refractivity contribution is 5.54. The molecule has 4 aromatic rings. The Balaban J connectivity index is 1.34. The van der Waals surface area contributed by atoms with E-state index in [1.54, 1.807) is 12.4 Å². The summed E-state index contributed by atoms with van der Waals surface area (Å²) in [5, 5.41) is 8.56. The van der Waals surface area contributed by atoms with Gasteiger partial charge in [-0.25, -0.2) is 9.67 Å². The average Bonchev–Trinajstić information content (AvgIpc) is 3.53. The Kier molecular flexibility index (Phi) is 4.46. The zero-order valence-corrected chi connectivity index (χ0v) is 15.3. The van der Waals surface area contributed by atoms with Crippen molar-refractivity contribution in [2.24, 2.45) is 0 Å². The Hall–Kier alpha value is -3.26. The summed E-state index contributed by atoms with van der Waals surface area (Å²) in [6, 6.07) is 12.0. The number of aryl methyl sites for hydroxylation is 2. The first-order chi connectivity index (χ1) is 13.9. The van der Waals surface area contributed by atoms with Crippen LogP contribution in [-0.4, -0.2) is 36.1 Å². The van der Waals surface area contributed by atoms with Crippen LogP contribution >= 0.6 is 0 Å². The van der Waals surface area contributed by atoms with E-state index in [9.17, 15) is 0 Å². The number of hydrogen-bond acceptors (Lipinski definition) is 6. The van der Waals surface area contributed by atoms with Crippen LogP contribution < -0.4 is 0 Å². The van der Waals surface area contributed by atoms with Crippen molar-refractivity contribution >= 4 is 0 Å². The van der Waals surface area contributed by atoms with E-state index in [0.29, 0.717) is 24.7 Å². The Morgan fingerprint density at radius 1 is 1.11 bits per heavy atom. The molecule has 8 heteroatoms. The van der Waals surface area contributed by atoms with Gasteiger partial charge >= 0.3 is 0 Å². The number of hydrogen-bond donors (Lipinski definition) is 0. The first-order valence-corrected chi connectivity index (χ1v) is 9.43. The summed E-state index contributed by atoms with van der Waals surface area (Å²) in [6.45, 7) is 1.45. The van der Waals surface area contributed by atoms with Crippen LogP contribution in [-0.2, 0) is 17.7 Å². The van der Waals surface area contributed by atoms with Crippen LogP contribution in [0.2, 0.25) is 0 Å². The molecule has 1 aliphatic rings. The molecule has 5 rings (SSSR count). The van der Waals surface area contributed by atoms with E-state index in [4.69, 9.17) is 9.26 Å². The van der Waals surface area contributed by atoms with Crippen molar-refractivity contribution in [2.75, 3.05) is 6.61 Å². The summed E-state index contributed by atoms with van der Waals surface area (Å²) in [5.74, 6) is 2.12. The third-order valence-corrected chi connectivity index (χ3v) is 4.85. The third kappa shape index (κ3) is 3.22. The molecule has 1 atom stereocenters. The fraction of sp³-hybridized carbons (Fsp3) is 0.300. The van der Waals surface area contributed by atoms with Gasteiger partial charge in [-0.2, -0.15) is 10.1 Å². The van der Waals surface area contributed by atoms with Gasteiger partial charge in [-0.1, -0.05) is 23.4 Å². The van der Waals surface area contributed by atoms with Crippen molar-refractivity contribution in [1.29, 1.82) is 0 Å². The van der Waals surface area contributed by atoms with E-state index in [-0.39, 0.29) is 6.10 Å². The first kappa shape index (κ1) is 16.9. The minimum atomic E-state index is -0.0507. The van der Waals surface area contributed by atoms with Crippen molar-refractivity contribution in [3.8, 4) is 17.2 Å². The fourth-order valence-electron chi connectivity index (χ4n) is 3.46. The normalized spacial score (nSPS) is 16.6. The van der Waals surface area contributed by atoms with E-state index in [2.05, 4.69) is 24.8 Å². The number of rotatable bonds is 6. The van der Waals surface area contributed by atoms with Gasteiger partial charge < -0.3 is 13.8 Å². The van der Waals surface area contributed by atoms with Gasteiger partial charge in [0.25, 0.3) is 5.89 Å². The Morgan fingerprint density at radius 2 is 2.04 bits per heavy atom. The van der Waals surface area contributed by atoms with Crippen LogP contribution in [0.3, 0.4) is 0 Å². The SMILES string of the molecule is c1ccc(-n2nccc2-c2nccn2CCc2noc(C3CCCO3)n2)cc1. The average molecular weight is 376 g/mol. The third-order valence-electron chi connectivity index (χ3n) is 4.85. The van der Waals surface area contributed by atoms with Crippen LogP contribution in [0.1, 0.15) is 30.7 Å². The highest BCUT2D eigenvalue weighted by atomic mass is 16.5. The summed E-state index contributed by atoms with van der Waals surface area (Å²) in [4.78, 5) is 9.04. The van der Waals surface area contributed by atoms with Gasteiger partial charge in [0.15, 0.2) is 11.6 Å². The summed E-state index contributed by atoms with van der Waals surface area (Å²) >= 11 is 0. The van der Waals surface area contributed by atoms with Gasteiger partial charge in [0, 0.05) is 32.0 Å². The van der Waals surface area contributed by atoms with Gasteiger partial charge in [0.2, 0.25) is 0 Å². The molecule has 0 spiro atoms. The molecule has 0 radical (unpaired) electrons. The second kappa shape index (κ2) is 7.40. The largest absolute Gasteiger partial charge is 0.368 e. The quantitative estimate of drug-likeness (QED) is 0.514. The van der Waals surface area contributed by atoms with Crippen LogP contribution in [0, 0.1) is 0 Å². The zero-order chi connectivity index (χ0) is 18.8. The second-order valence-corrected chi connectivity index (χ2v) is 6.71. The molecule has 1 aromatic carbocycles. The van der Waals surface area contributed by atoms with Crippen molar-refractivity contribution in [1.82, 2.24) is 29.5 Å². The number of ether oxygens (including phenoxy) is 1. The summed E-state index contributed by atoms with van der Waals surface area (Å²) in [6.07, 6.45) is 8.12. The molecule has 0 amide bonds. The standard InChI is InChI=1S/C20H20N6O2/c1-2-5-15(6-3-1)26-16(8-10-22-26)19-21-11-13-25(19)12-9-18-23-20(28-24-18)17-7-4-14-27-17/h1-3,5-6,8,10-11,13,17H,4,7,9,12,14H2. The zero-order valence-electron chi connectivity index (χ0n) is 15.3. The predicted molar refractivity (Wildman–Crippen MR) is 101 cm³/mol. The minimum absolute atomic E-state index is 0.0507. The highest BCUT2D eigenvalue weighted by Crippen LogP contribution is 2.27. The van der Waals surface area contributed by atoms with Gasteiger partial charge in [-0.15, -0.1) is 0 Å². The molecule has 142 valence electrons. The van der Waals surface area contributed by atoms with Gasteiger partial charge in [0.1, 0.15) is 11.8 Å². The van der Waals surface area contributed by atoms with Gasteiger partial charge in [0.05, 0.1) is 11.9 Å². The second-order valence-electron chi connectivity index (χ2n) is 6.71. The molecule has 1 fully saturated rings. The summed E-state index contributed by atoms with van der Waals surface area (Å²) in [7, 11) is 0. The summed E-state index contributed by atoms with van der Waals surface area (Å²) in [5.41, 5.74) is 1.93. The first-order valence-electron chi connectivity index (χ1n) is 9.43. The molecule has 1 saturated heterocycles. The topological polar surface area (TPSA) is 83.8 Å². The molecule has 3 aromatic heterocycles. The molecular weight excluding hydrogens is 356 g/mol. The lowest BCUT2D eigenvalue weighted by Crippen LogP contribution is -2.07. The van der Waals surface area contributed by atoms with Crippen molar-refractivity contribution in [2.45, 2.75) is 31.9 Å². The van der Waals surface area contributed by atoms with Crippen LogP contribution in [0.25, 0.3) is 17.2 Å². The number of aromatic nitrogens is 6. The molecule has 0 bridgehead atoms. The Labute approximate surface area is 161 Å². The van der Waals surface area contributed by atoms with E-state index < -0.39 is 0 Å². The maximum atomic E-state index is 5.60. The van der Waals surface area contributed by atoms with Crippen LogP contribution in [0.5, 0.6) is 0 Å². The Bertz CT molecular complexity index is 1050. The molecule has 0 aliphatic carbocycles. The molecule has 4 heterocycles. The van der Waals surface area contributed by atoms with E-state index in [1.807, 2.05) is 47.3 Å². The number of benzene rings is 1. The lowest BCUT2D eigenvalue weighted by atomic mass is 10.2.